The summed E-state index contributed by atoms with van der Waals surface area (Å²) in [6.07, 6.45) is 0. The fourth-order valence-corrected chi connectivity index (χ4v) is 2.37. The number of anilines is 1. The van der Waals surface area contributed by atoms with E-state index in [4.69, 9.17) is 28.9 Å². The van der Waals surface area contributed by atoms with Crippen molar-refractivity contribution in [1.29, 1.82) is 0 Å². The van der Waals surface area contributed by atoms with Crippen molar-refractivity contribution in [2.45, 2.75) is 13.5 Å². The van der Waals surface area contributed by atoms with E-state index in [0.29, 0.717) is 27.8 Å². The van der Waals surface area contributed by atoms with Gasteiger partial charge in [-0.1, -0.05) is 41.4 Å². The van der Waals surface area contributed by atoms with Gasteiger partial charge in [0, 0.05) is 24.8 Å². The predicted molar refractivity (Wildman–Crippen MR) is 87.9 cm³/mol. The van der Waals surface area contributed by atoms with Crippen LogP contribution in [-0.2, 0) is 6.54 Å². The summed E-state index contributed by atoms with van der Waals surface area (Å²) in [5.74, 6) is -0.113. The van der Waals surface area contributed by atoms with Crippen LogP contribution in [0, 0.1) is 6.92 Å². The Morgan fingerprint density at radius 2 is 1.95 bits per heavy atom. The van der Waals surface area contributed by atoms with Crippen LogP contribution in [0.1, 0.15) is 21.5 Å². The first-order chi connectivity index (χ1) is 9.90. The molecule has 0 aliphatic rings. The number of benzene rings is 2. The van der Waals surface area contributed by atoms with E-state index in [1.807, 2.05) is 25.1 Å². The number of hydrogen-bond donors (Lipinski definition) is 1. The molecular weight excluding hydrogens is 307 g/mol. The molecule has 0 saturated heterocycles. The van der Waals surface area contributed by atoms with Crippen molar-refractivity contribution in [1.82, 2.24) is 4.90 Å². The lowest BCUT2D eigenvalue weighted by atomic mass is 10.1. The molecule has 0 radical (unpaired) electrons. The number of nitrogens with two attached hydrogens (primary N) is 1. The van der Waals surface area contributed by atoms with Crippen molar-refractivity contribution in [3.63, 3.8) is 0 Å². The maximum atomic E-state index is 12.4. The van der Waals surface area contributed by atoms with Crippen molar-refractivity contribution >= 4 is 34.8 Å². The number of halogens is 2. The molecule has 0 spiro atoms. The van der Waals surface area contributed by atoms with Crippen molar-refractivity contribution in [2.75, 3.05) is 12.8 Å². The highest BCUT2D eigenvalue weighted by Gasteiger charge is 2.15. The second-order valence-corrected chi connectivity index (χ2v) is 5.73. The zero-order chi connectivity index (χ0) is 15.6. The van der Waals surface area contributed by atoms with E-state index < -0.39 is 0 Å². The third kappa shape index (κ3) is 3.49. The summed E-state index contributed by atoms with van der Waals surface area (Å²) in [6, 6.07) is 10.7. The molecule has 0 fully saturated rings. The second kappa shape index (κ2) is 6.37. The monoisotopic (exact) mass is 322 g/mol. The molecule has 0 saturated carbocycles. The lowest BCUT2D eigenvalue weighted by Gasteiger charge is -2.19. The third-order valence-electron chi connectivity index (χ3n) is 3.31. The molecule has 110 valence electrons. The molecule has 0 heterocycles. The number of nitrogen functional groups attached to an aromatic ring is 1. The zero-order valence-corrected chi connectivity index (χ0v) is 13.4. The van der Waals surface area contributed by atoms with Crippen molar-refractivity contribution in [3.8, 4) is 0 Å². The molecule has 0 unspecified atom stereocenters. The Labute approximate surface area is 134 Å². The minimum atomic E-state index is -0.113. The van der Waals surface area contributed by atoms with Gasteiger partial charge in [-0.15, -0.1) is 0 Å². The SMILES string of the molecule is Cc1ccc(C(=O)N(C)Cc2cccc(Cl)c2Cl)cc1N. The Hall–Kier alpha value is -1.71. The molecule has 0 aliphatic heterocycles. The van der Waals surface area contributed by atoms with Crippen LogP contribution in [0.25, 0.3) is 0 Å². The Kier molecular flexibility index (Phi) is 4.76. The number of hydrogen-bond acceptors (Lipinski definition) is 2. The molecule has 5 heteroatoms. The largest absolute Gasteiger partial charge is 0.398 e. The fourth-order valence-electron chi connectivity index (χ4n) is 1.99. The van der Waals surface area contributed by atoms with Gasteiger partial charge in [-0.25, -0.2) is 0 Å². The summed E-state index contributed by atoms with van der Waals surface area (Å²) >= 11 is 12.1. The fraction of sp³-hybridized carbons (Fsp3) is 0.188. The minimum absolute atomic E-state index is 0.113. The summed E-state index contributed by atoms with van der Waals surface area (Å²) in [7, 11) is 1.72. The molecule has 2 aromatic rings. The number of aryl methyl sites for hydroxylation is 1. The highest BCUT2D eigenvalue weighted by atomic mass is 35.5. The van der Waals surface area contributed by atoms with E-state index in [-0.39, 0.29) is 5.91 Å². The number of nitrogens with zero attached hydrogens (tertiary/aromatic N) is 1. The van der Waals surface area contributed by atoms with Crippen LogP contribution < -0.4 is 5.73 Å². The Bertz CT molecular complexity index is 686. The van der Waals surface area contributed by atoms with Gasteiger partial charge in [0.15, 0.2) is 0 Å². The van der Waals surface area contributed by atoms with Gasteiger partial charge in [0.1, 0.15) is 0 Å². The molecule has 0 aromatic heterocycles. The van der Waals surface area contributed by atoms with Crippen molar-refractivity contribution in [2.24, 2.45) is 0 Å². The Balaban J connectivity index is 2.19. The van der Waals surface area contributed by atoms with E-state index in [9.17, 15) is 4.79 Å². The lowest BCUT2D eigenvalue weighted by Crippen LogP contribution is -2.26. The maximum Gasteiger partial charge on any atom is 0.253 e. The Morgan fingerprint density at radius 1 is 1.24 bits per heavy atom. The summed E-state index contributed by atoms with van der Waals surface area (Å²) in [6.45, 7) is 2.28. The van der Waals surface area contributed by atoms with Crippen LogP contribution in [0.2, 0.25) is 10.0 Å². The van der Waals surface area contributed by atoms with Gasteiger partial charge in [-0.3, -0.25) is 4.79 Å². The highest BCUT2D eigenvalue weighted by Crippen LogP contribution is 2.26. The van der Waals surface area contributed by atoms with E-state index in [0.717, 1.165) is 11.1 Å². The standard InChI is InChI=1S/C16H16Cl2N2O/c1-10-6-7-11(8-14(10)19)16(21)20(2)9-12-4-3-5-13(17)15(12)18/h3-8H,9,19H2,1-2H3. The van der Waals surface area contributed by atoms with E-state index in [2.05, 4.69) is 0 Å². The number of carbonyl (C=O) groups excluding carboxylic acids is 1. The van der Waals surface area contributed by atoms with E-state index in [1.54, 1.807) is 30.1 Å². The number of amides is 1. The van der Waals surface area contributed by atoms with Crippen LogP contribution in [0.5, 0.6) is 0 Å². The summed E-state index contributed by atoms with van der Waals surface area (Å²) in [5, 5.41) is 0.955. The summed E-state index contributed by atoms with van der Waals surface area (Å²) in [4.78, 5) is 14.0. The van der Waals surface area contributed by atoms with E-state index in [1.165, 1.54) is 0 Å². The molecule has 21 heavy (non-hydrogen) atoms. The first-order valence-corrected chi connectivity index (χ1v) is 7.20. The zero-order valence-electron chi connectivity index (χ0n) is 11.9. The molecule has 3 nitrogen and oxygen atoms in total. The minimum Gasteiger partial charge on any atom is -0.398 e. The molecule has 0 atom stereocenters. The van der Waals surface area contributed by atoms with Crippen LogP contribution in [0.15, 0.2) is 36.4 Å². The molecule has 1 amide bonds. The van der Waals surface area contributed by atoms with Gasteiger partial charge < -0.3 is 10.6 Å². The van der Waals surface area contributed by atoms with Crippen molar-refractivity contribution in [3.05, 3.63) is 63.1 Å². The summed E-state index contributed by atoms with van der Waals surface area (Å²) in [5.41, 5.74) is 8.76. The van der Waals surface area contributed by atoms with Gasteiger partial charge in [0.2, 0.25) is 0 Å². The quantitative estimate of drug-likeness (QED) is 0.862. The average molecular weight is 323 g/mol. The lowest BCUT2D eigenvalue weighted by molar-refractivity contribution is 0.0785. The van der Waals surface area contributed by atoms with Gasteiger partial charge in [0.05, 0.1) is 10.0 Å². The first-order valence-electron chi connectivity index (χ1n) is 6.44. The third-order valence-corrected chi connectivity index (χ3v) is 4.17. The predicted octanol–water partition coefficient (Wildman–Crippen LogP) is 4.16. The molecule has 0 aliphatic carbocycles. The number of rotatable bonds is 3. The average Bonchev–Trinajstić information content (AvgIpc) is 2.46. The Morgan fingerprint density at radius 3 is 2.62 bits per heavy atom. The van der Waals surface area contributed by atoms with E-state index >= 15 is 0 Å². The molecular formula is C16H16Cl2N2O. The number of carbonyl (C=O) groups is 1. The van der Waals surface area contributed by atoms with Gasteiger partial charge in [0.25, 0.3) is 5.91 Å². The summed E-state index contributed by atoms with van der Waals surface area (Å²) < 4.78 is 0. The molecule has 2 rings (SSSR count). The molecule has 0 bridgehead atoms. The topological polar surface area (TPSA) is 46.3 Å². The van der Waals surface area contributed by atoms with Crippen LogP contribution >= 0.6 is 23.2 Å². The van der Waals surface area contributed by atoms with Gasteiger partial charge >= 0.3 is 0 Å². The molecule has 2 aromatic carbocycles. The normalized spacial score (nSPS) is 10.5. The van der Waals surface area contributed by atoms with Crippen LogP contribution in [-0.4, -0.2) is 17.9 Å². The van der Waals surface area contributed by atoms with Crippen molar-refractivity contribution < 1.29 is 4.79 Å². The molecule has 2 N–H and O–H groups in total. The smallest absolute Gasteiger partial charge is 0.253 e. The van der Waals surface area contributed by atoms with Crippen LogP contribution in [0.4, 0.5) is 5.69 Å². The van der Waals surface area contributed by atoms with Gasteiger partial charge in [-0.2, -0.15) is 0 Å². The first kappa shape index (κ1) is 15.7. The van der Waals surface area contributed by atoms with Gasteiger partial charge in [-0.05, 0) is 36.2 Å². The highest BCUT2D eigenvalue weighted by molar-refractivity contribution is 6.42. The maximum absolute atomic E-state index is 12.4. The second-order valence-electron chi connectivity index (χ2n) is 4.95. The van der Waals surface area contributed by atoms with Crippen LogP contribution in [0.3, 0.4) is 0 Å².